The van der Waals surface area contributed by atoms with E-state index < -0.39 is 5.97 Å². The smallest absolute Gasteiger partial charge is 0.347 e. The minimum atomic E-state index is -0.873. The van der Waals surface area contributed by atoms with Crippen LogP contribution in [-0.2, 0) is 12.5 Å². The molecular weight excluding hydrogens is 286 g/mol. The van der Waals surface area contributed by atoms with Crippen molar-refractivity contribution < 1.29 is 9.90 Å². The molecule has 0 spiro atoms. The molecule has 0 aliphatic heterocycles. The van der Waals surface area contributed by atoms with Crippen LogP contribution in [-0.4, -0.2) is 25.8 Å². The number of carboxylic acids is 1. The molecule has 0 aromatic carbocycles. The van der Waals surface area contributed by atoms with E-state index >= 15 is 0 Å². The van der Waals surface area contributed by atoms with Gasteiger partial charge in [0.15, 0.2) is 0 Å². The minimum Gasteiger partial charge on any atom is -0.477 e. The van der Waals surface area contributed by atoms with E-state index in [0.29, 0.717) is 10.8 Å². The molecule has 0 unspecified atom stereocenters. The summed E-state index contributed by atoms with van der Waals surface area (Å²) in [5.41, 5.74) is 2.56. The van der Waals surface area contributed by atoms with Crippen LogP contribution in [0.4, 0.5) is 0 Å². The first-order chi connectivity index (χ1) is 9.77. The topological polar surface area (TPSA) is 68.0 Å². The third kappa shape index (κ3) is 2.60. The number of rotatable bonds is 3. The maximum Gasteiger partial charge on any atom is 0.347 e. The van der Waals surface area contributed by atoms with E-state index in [1.807, 2.05) is 13.2 Å². The number of hydrogen-bond donors (Lipinski definition) is 1. The molecule has 2 aromatic heterocycles. The third-order valence-corrected chi connectivity index (χ3v) is 4.67. The van der Waals surface area contributed by atoms with Gasteiger partial charge >= 0.3 is 5.97 Å². The van der Waals surface area contributed by atoms with Crippen molar-refractivity contribution >= 4 is 17.3 Å². The van der Waals surface area contributed by atoms with Crippen LogP contribution in [0.25, 0.3) is 10.6 Å². The number of thiazole rings is 1. The van der Waals surface area contributed by atoms with Crippen molar-refractivity contribution in [3.05, 3.63) is 22.5 Å². The van der Waals surface area contributed by atoms with E-state index in [4.69, 9.17) is 0 Å². The van der Waals surface area contributed by atoms with Crippen molar-refractivity contribution in [3.8, 4) is 10.6 Å². The fraction of sp³-hybridized carbons (Fsp3) is 0.533. The summed E-state index contributed by atoms with van der Waals surface area (Å²) in [6, 6.07) is 0. The summed E-state index contributed by atoms with van der Waals surface area (Å²) < 4.78 is 1.77. The first kappa shape index (κ1) is 14.3. The maximum atomic E-state index is 11.4. The van der Waals surface area contributed by atoms with Crippen LogP contribution in [0.1, 0.15) is 60.6 Å². The van der Waals surface area contributed by atoms with Crippen LogP contribution in [0.5, 0.6) is 0 Å². The van der Waals surface area contributed by atoms with Gasteiger partial charge in [-0.05, 0) is 12.8 Å². The third-order valence-electron chi connectivity index (χ3n) is 3.58. The Labute approximate surface area is 127 Å². The SMILES string of the molecule is Cn1cc(-c2nc(C3CC3)c(C(=O)O)s2)c(C(C)(C)C)n1. The zero-order chi connectivity index (χ0) is 15.4. The molecule has 3 rings (SSSR count). The number of aryl methyl sites for hydroxylation is 1. The largest absolute Gasteiger partial charge is 0.477 e. The Bertz CT molecular complexity index is 705. The van der Waals surface area contributed by atoms with Crippen LogP contribution in [0.2, 0.25) is 0 Å². The lowest BCUT2D eigenvalue weighted by Crippen LogP contribution is -2.13. The molecule has 1 aliphatic carbocycles. The predicted octanol–water partition coefficient (Wildman–Crippen LogP) is 3.42. The van der Waals surface area contributed by atoms with Crippen molar-refractivity contribution in [2.75, 3.05) is 0 Å². The fourth-order valence-corrected chi connectivity index (χ4v) is 3.43. The highest BCUT2D eigenvalue weighted by Crippen LogP contribution is 2.45. The molecule has 0 bridgehead atoms. The Balaban J connectivity index is 2.13. The van der Waals surface area contributed by atoms with Crippen molar-refractivity contribution in [2.45, 2.75) is 44.9 Å². The first-order valence-corrected chi connectivity index (χ1v) is 7.87. The zero-order valence-electron chi connectivity index (χ0n) is 12.7. The van der Waals surface area contributed by atoms with Crippen LogP contribution < -0.4 is 0 Å². The summed E-state index contributed by atoms with van der Waals surface area (Å²) in [5.74, 6) is -0.544. The molecular formula is C15H19N3O2S. The summed E-state index contributed by atoms with van der Waals surface area (Å²) in [6.45, 7) is 6.31. The van der Waals surface area contributed by atoms with Crippen LogP contribution in [0.15, 0.2) is 6.20 Å². The van der Waals surface area contributed by atoms with E-state index in [2.05, 4.69) is 30.9 Å². The lowest BCUT2D eigenvalue weighted by atomic mass is 9.90. The van der Waals surface area contributed by atoms with Gasteiger partial charge in [0.05, 0.1) is 17.0 Å². The van der Waals surface area contributed by atoms with E-state index in [0.717, 1.165) is 34.8 Å². The number of carbonyl (C=O) groups is 1. The Morgan fingerprint density at radius 2 is 2.10 bits per heavy atom. The van der Waals surface area contributed by atoms with Crippen molar-refractivity contribution in [1.29, 1.82) is 0 Å². The number of hydrogen-bond acceptors (Lipinski definition) is 4. The van der Waals surface area contributed by atoms with Crippen molar-refractivity contribution in [1.82, 2.24) is 14.8 Å². The van der Waals surface area contributed by atoms with Gasteiger partial charge < -0.3 is 5.11 Å². The highest BCUT2D eigenvalue weighted by Gasteiger charge is 2.33. The number of carboxylic acid groups (broad SMARTS) is 1. The molecule has 0 atom stereocenters. The lowest BCUT2D eigenvalue weighted by Gasteiger charge is -2.16. The van der Waals surface area contributed by atoms with E-state index in [1.54, 1.807) is 4.68 Å². The Morgan fingerprint density at radius 3 is 2.62 bits per heavy atom. The maximum absolute atomic E-state index is 11.4. The van der Waals surface area contributed by atoms with Gasteiger partial charge in [-0.15, -0.1) is 11.3 Å². The van der Waals surface area contributed by atoms with E-state index in [9.17, 15) is 9.90 Å². The molecule has 1 N–H and O–H groups in total. The summed E-state index contributed by atoms with van der Waals surface area (Å²) in [4.78, 5) is 16.5. The standard InChI is InChI=1S/C15H19N3O2S/c1-15(2,3)12-9(7-18(4)17-12)13-16-10(8-5-6-8)11(21-13)14(19)20/h7-8H,5-6H2,1-4H3,(H,19,20). The first-order valence-electron chi connectivity index (χ1n) is 7.06. The van der Waals surface area contributed by atoms with Crippen LogP contribution in [0, 0.1) is 0 Å². The molecule has 0 amide bonds. The van der Waals surface area contributed by atoms with E-state index in [1.165, 1.54) is 11.3 Å². The van der Waals surface area contributed by atoms with E-state index in [-0.39, 0.29) is 5.41 Å². The normalized spacial score (nSPS) is 15.4. The van der Waals surface area contributed by atoms with Gasteiger partial charge in [0.25, 0.3) is 0 Å². The fourth-order valence-electron chi connectivity index (χ4n) is 2.43. The van der Waals surface area contributed by atoms with Gasteiger partial charge in [0.2, 0.25) is 0 Å². The molecule has 0 radical (unpaired) electrons. The molecule has 6 heteroatoms. The second kappa shape index (κ2) is 4.66. The molecule has 1 fully saturated rings. The van der Waals surface area contributed by atoms with Gasteiger partial charge in [-0.2, -0.15) is 5.10 Å². The van der Waals surface area contributed by atoms with Gasteiger partial charge in [0.1, 0.15) is 9.88 Å². The quantitative estimate of drug-likeness (QED) is 0.943. The predicted molar refractivity (Wildman–Crippen MR) is 82.0 cm³/mol. The second-order valence-electron chi connectivity index (χ2n) is 6.63. The molecule has 1 aliphatic rings. The summed E-state index contributed by atoms with van der Waals surface area (Å²) in [7, 11) is 1.88. The summed E-state index contributed by atoms with van der Waals surface area (Å²) in [5, 5.41) is 14.7. The molecule has 21 heavy (non-hydrogen) atoms. The highest BCUT2D eigenvalue weighted by molar-refractivity contribution is 7.17. The van der Waals surface area contributed by atoms with Gasteiger partial charge in [-0.25, -0.2) is 9.78 Å². The molecule has 1 saturated carbocycles. The minimum absolute atomic E-state index is 0.106. The van der Waals surface area contributed by atoms with Crippen molar-refractivity contribution in [2.24, 2.45) is 7.05 Å². The number of aromatic carboxylic acids is 1. The summed E-state index contributed by atoms with van der Waals surface area (Å²) >= 11 is 1.27. The molecule has 2 aromatic rings. The molecule has 112 valence electrons. The van der Waals surface area contributed by atoms with Crippen LogP contribution in [0.3, 0.4) is 0 Å². The van der Waals surface area contributed by atoms with Crippen molar-refractivity contribution in [3.63, 3.8) is 0 Å². The zero-order valence-corrected chi connectivity index (χ0v) is 13.5. The number of nitrogens with zero attached hydrogens (tertiary/aromatic N) is 3. The number of aromatic nitrogens is 3. The second-order valence-corrected chi connectivity index (χ2v) is 7.63. The molecule has 5 nitrogen and oxygen atoms in total. The average Bonchev–Trinajstić information content (AvgIpc) is 2.97. The average molecular weight is 305 g/mol. The Hall–Kier alpha value is -1.69. The Morgan fingerprint density at radius 1 is 1.43 bits per heavy atom. The van der Waals surface area contributed by atoms with Gasteiger partial charge in [-0.3, -0.25) is 4.68 Å². The molecule has 2 heterocycles. The highest BCUT2D eigenvalue weighted by atomic mass is 32.1. The van der Waals surface area contributed by atoms with Crippen LogP contribution >= 0.6 is 11.3 Å². The summed E-state index contributed by atoms with van der Waals surface area (Å²) in [6.07, 6.45) is 4.02. The van der Waals surface area contributed by atoms with Gasteiger partial charge in [-0.1, -0.05) is 20.8 Å². The monoisotopic (exact) mass is 305 g/mol. The lowest BCUT2D eigenvalue weighted by molar-refractivity contribution is 0.0700. The Kier molecular flexibility index (Phi) is 3.16. The molecule has 0 saturated heterocycles. The van der Waals surface area contributed by atoms with Gasteiger partial charge in [0, 0.05) is 24.6 Å².